The maximum Gasteiger partial charge on any atom is 0.229 e. The number of hydrogen-bond acceptors (Lipinski definition) is 5. The number of anilines is 1. The van der Waals surface area contributed by atoms with E-state index in [-0.39, 0.29) is 24.3 Å². The molecule has 2 aliphatic heterocycles. The lowest BCUT2D eigenvalue weighted by atomic mass is 9.85. The summed E-state index contributed by atoms with van der Waals surface area (Å²) >= 11 is 6.67. The Morgan fingerprint density at radius 2 is 2.03 bits per heavy atom. The van der Waals surface area contributed by atoms with Gasteiger partial charge in [-0.2, -0.15) is 0 Å². The van der Waals surface area contributed by atoms with E-state index in [9.17, 15) is 14.3 Å². The van der Waals surface area contributed by atoms with Crippen LogP contribution in [-0.2, 0) is 9.53 Å². The van der Waals surface area contributed by atoms with Gasteiger partial charge in [0.25, 0.3) is 0 Å². The molecule has 8 heteroatoms. The highest BCUT2D eigenvalue weighted by atomic mass is 35.5. The Balaban J connectivity index is 1.29. The molecule has 1 aromatic heterocycles. The number of alkyl halides is 1. The molecule has 0 bridgehead atoms. The normalized spacial score (nSPS) is 30.6. The topological polar surface area (TPSA) is 74.7 Å². The molecule has 1 amide bonds. The number of fused-ring (bicyclic) bond motifs is 1. The molecule has 184 valence electrons. The van der Waals surface area contributed by atoms with Crippen molar-refractivity contribution >= 4 is 34.1 Å². The Hall–Kier alpha value is -1.80. The number of carbonyl (C=O) groups excluding carboxylic acids is 1. The molecule has 2 aromatic rings. The van der Waals surface area contributed by atoms with E-state index in [0.717, 1.165) is 42.3 Å². The Morgan fingerprint density at radius 1 is 1.29 bits per heavy atom. The van der Waals surface area contributed by atoms with Crippen LogP contribution in [-0.4, -0.2) is 64.5 Å². The van der Waals surface area contributed by atoms with Crippen LogP contribution in [0.1, 0.15) is 51.5 Å². The third-order valence-corrected chi connectivity index (χ3v) is 8.44. The first kappa shape index (κ1) is 23.9. The molecule has 34 heavy (non-hydrogen) atoms. The minimum absolute atomic E-state index is 0.0186. The number of ether oxygens (including phenoxy) is 1. The van der Waals surface area contributed by atoms with Crippen molar-refractivity contribution in [1.29, 1.82) is 0 Å². The molecule has 5 rings (SSSR count). The van der Waals surface area contributed by atoms with Gasteiger partial charge in [-0.05, 0) is 94.1 Å². The first-order valence-electron chi connectivity index (χ1n) is 12.2. The van der Waals surface area contributed by atoms with Gasteiger partial charge in [0.15, 0.2) is 0 Å². The standard InChI is InChI=1S/C26H33ClFN3O3/c1-25(2,33)20-11-19(20)24(32)30-23-10-16-8-18(21(27)9-17(16)12-29-23)15-4-6-31(7-5-15)26(3)14-34-13-22(26)28/h8-10,12,15,19-20,22,33H,4-7,11,13-14H2,1-3H3,(H,29,30,32)/t19-,20?,22+,26-/m0/s1. The number of carbonyl (C=O) groups is 1. The van der Waals surface area contributed by atoms with Crippen molar-refractivity contribution < 1.29 is 19.0 Å². The van der Waals surface area contributed by atoms with Crippen LogP contribution in [0.25, 0.3) is 10.8 Å². The third kappa shape index (κ3) is 4.43. The number of aromatic nitrogens is 1. The molecule has 4 atom stereocenters. The summed E-state index contributed by atoms with van der Waals surface area (Å²) in [6.07, 6.45) is 3.27. The Morgan fingerprint density at radius 3 is 2.65 bits per heavy atom. The summed E-state index contributed by atoms with van der Waals surface area (Å²) in [5.41, 5.74) is -0.304. The molecule has 6 nitrogen and oxygen atoms in total. The van der Waals surface area contributed by atoms with Crippen LogP contribution >= 0.6 is 11.6 Å². The fraction of sp³-hybridized carbons (Fsp3) is 0.615. The maximum atomic E-state index is 14.4. The summed E-state index contributed by atoms with van der Waals surface area (Å²) in [7, 11) is 0. The number of likely N-dealkylation sites (tertiary alicyclic amines) is 1. The minimum atomic E-state index is -0.955. The molecule has 3 aliphatic rings. The zero-order valence-electron chi connectivity index (χ0n) is 20.0. The van der Waals surface area contributed by atoms with Gasteiger partial charge < -0.3 is 15.2 Å². The first-order valence-corrected chi connectivity index (χ1v) is 12.5. The van der Waals surface area contributed by atoms with Gasteiger partial charge in [0.2, 0.25) is 5.91 Å². The van der Waals surface area contributed by atoms with Crippen molar-refractivity contribution in [2.45, 2.75) is 63.3 Å². The van der Waals surface area contributed by atoms with E-state index >= 15 is 0 Å². The van der Waals surface area contributed by atoms with Gasteiger partial charge in [0.1, 0.15) is 12.0 Å². The van der Waals surface area contributed by atoms with Crippen LogP contribution < -0.4 is 5.32 Å². The number of hydrogen-bond donors (Lipinski definition) is 2. The van der Waals surface area contributed by atoms with Gasteiger partial charge in [-0.3, -0.25) is 9.69 Å². The summed E-state index contributed by atoms with van der Waals surface area (Å²) in [6.45, 7) is 7.68. The highest BCUT2D eigenvalue weighted by molar-refractivity contribution is 6.32. The molecule has 1 unspecified atom stereocenters. The lowest BCUT2D eigenvalue weighted by molar-refractivity contribution is -0.118. The van der Waals surface area contributed by atoms with Crippen molar-refractivity contribution in [3.63, 3.8) is 0 Å². The van der Waals surface area contributed by atoms with Gasteiger partial charge in [-0.25, -0.2) is 9.37 Å². The van der Waals surface area contributed by atoms with Crippen molar-refractivity contribution in [2.24, 2.45) is 11.8 Å². The number of amides is 1. The number of pyridine rings is 1. The Labute approximate surface area is 204 Å². The largest absolute Gasteiger partial charge is 0.390 e. The molecule has 1 aliphatic carbocycles. The van der Waals surface area contributed by atoms with Gasteiger partial charge >= 0.3 is 0 Å². The van der Waals surface area contributed by atoms with Crippen LogP contribution in [0, 0.1) is 11.8 Å². The quantitative estimate of drug-likeness (QED) is 0.645. The van der Waals surface area contributed by atoms with Gasteiger partial charge in [-0.1, -0.05) is 11.6 Å². The molecule has 1 aromatic carbocycles. The van der Waals surface area contributed by atoms with E-state index < -0.39 is 17.3 Å². The number of nitrogens with zero attached hydrogens (tertiary/aromatic N) is 2. The summed E-state index contributed by atoms with van der Waals surface area (Å²) in [4.78, 5) is 19.2. The number of aliphatic hydroxyl groups is 1. The minimum Gasteiger partial charge on any atom is -0.390 e. The van der Waals surface area contributed by atoms with Crippen molar-refractivity contribution in [2.75, 3.05) is 31.6 Å². The van der Waals surface area contributed by atoms with E-state index in [2.05, 4.69) is 21.3 Å². The van der Waals surface area contributed by atoms with Gasteiger partial charge in [0.05, 0.1) is 24.4 Å². The second-order valence-corrected chi connectivity index (χ2v) is 11.4. The Kier molecular flexibility index (Phi) is 6.12. The molecule has 2 N–H and O–H groups in total. The number of halogens is 2. The molecule has 2 saturated heterocycles. The average molecular weight is 490 g/mol. The zero-order valence-corrected chi connectivity index (χ0v) is 20.7. The summed E-state index contributed by atoms with van der Waals surface area (Å²) in [5, 5.41) is 15.7. The fourth-order valence-corrected chi connectivity index (χ4v) is 6.01. The zero-order chi connectivity index (χ0) is 24.3. The predicted molar refractivity (Wildman–Crippen MR) is 131 cm³/mol. The van der Waals surface area contributed by atoms with Crippen LogP contribution in [0.4, 0.5) is 10.2 Å². The number of rotatable bonds is 5. The summed E-state index contributed by atoms with van der Waals surface area (Å²) < 4.78 is 19.8. The monoisotopic (exact) mass is 489 g/mol. The third-order valence-electron chi connectivity index (χ3n) is 8.11. The van der Waals surface area contributed by atoms with E-state index in [1.165, 1.54) is 0 Å². The van der Waals surface area contributed by atoms with E-state index in [1.807, 2.05) is 19.1 Å². The smallest absolute Gasteiger partial charge is 0.229 e. The predicted octanol–water partition coefficient (Wildman–Crippen LogP) is 4.54. The SMILES string of the molecule is CC(C)(O)C1C[C@@H]1C(=O)Nc1cc2cc(C3CCN([C@@]4(C)COC[C@H]4F)CC3)c(Cl)cc2cn1. The highest BCUT2D eigenvalue weighted by Crippen LogP contribution is 2.47. The van der Waals surface area contributed by atoms with E-state index in [4.69, 9.17) is 16.3 Å². The first-order chi connectivity index (χ1) is 16.1. The van der Waals surface area contributed by atoms with Crippen molar-refractivity contribution in [3.8, 4) is 0 Å². The molecular formula is C26H33ClFN3O3. The average Bonchev–Trinajstić information content (AvgIpc) is 3.54. The van der Waals surface area contributed by atoms with Crippen LogP contribution in [0.2, 0.25) is 5.02 Å². The molecule has 3 heterocycles. The molecule has 3 fully saturated rings. The van der Waals surface area contributed by atoms with Crippen molar-refractivity contribution in [3.05, 3.63) is 35.0 Å². The van der Waals surface area contributed by atoms with E-state index in [1.54, 1.807) is 20.0 Å². The summed E-state index contributed by atoms with van der Waals surface area (Å²) in [5.74, 6) is 0.498. The molecular weight excluding hydrogens is 457 g/mol. The lowest BCUT2D eigenvalue weighted by Crippen LogP contribution is -2.55. The van der Waals surface area contributed by atoms with Crippen LogP contribution in [0.3, 0.4) is 0 Å². The molecule has 0 spiro atoms. The second kappa shape index (κ2) is 8.70. The van der Waals surface area contributed by atoms with E-state index in [0.29, 0.717) is 29.8 Å². The highest BCUT2D eigenvalue weighted by Gasteiger charge is 2.51. The number of benzene rings is 1. The molecule has 1 saturated carbocycles. The maximum absolute atomic E-state index is 14.4. The Bertz CT molecular complexity index is 1100. The summed E-state index contributed by atoms with van der Waals surface area (Å²) in [6, 6.07) is 5.92. The number of piperidine rings is 1. The fourth-order valence-electron chi connectivity index (χ4n) is 5.68. The second-order valence-electron chi connectivity index (χ2n) is 11.0. The van der Waals surface area contributed by atoms with Gasteiger partial charge in [-0.15, -0.1) is 0 Å². The van der Waals surface area contributed by atoms with Gasteiger partial charge in [0, 0.05) is 22.5 Å². The lowest BCUT2D eigenvalue weighted by Gasteiger charge is -2.43. The van der Waals surface area contributed by atoms with Crippen LogP contribution in [0.5, 0.6) is 0 Å². The van der Waals surface area contributed by atoms with Crippen molar-refractivity contribution in [1.82, 2.24) is 9.88 Å². The molecule has 0 radical (unpaired) electrons. The number of nitrogens with one attached hydrogen (secondary N) is 1. The van der Waals surface area contributed by atoms with Crippen LogP contribution in [0.15, 0.2) is 24.4 Å².